The quantitative estimate of drug-likeness (QED) is 0.204. The van der Waals surface area contributed by atoms with Gasteiger partial charge in [-0.3, -0.25) is 4.79 Å². The zero-order valence-electron chi connectivity index (χ0n) is 17.6. The Morgan fingerprint density at radius 1 is 0.941 bits per heavy atom. The average Bonchev–Trinajstić information content (AvgIpc) is 2.83. The number of ether oxygens (including phenoxy) is 2. The first kappa shape index (κ1) is 25.5. The molecule has 0 amide bonds. The van der Waals surface area contributed by atoms with Crippen LogP contribution in [-0.2, 0) is 16.6 Å². The fraction of sp³-hybridized carbons (Fsp3) is 0.136. The molecule has 0 radical (unpaired) electrons. The standard InChI is InChI=1S/C22H16ClF4NO5S/c1-32-15-7-6-13(23)9-14(15)20(29)12-5-3-4-11(8-12)10-28-34(30,31)22-19(27)17(25)16(24)18(26)21(22)33-2/h3-9,28H,10H2,1-2H3. The molecule has 0 aliphatic heterocycles. The molecule has 0 aliphatic rings. The predicted octanol–water partition coefficient (Wildman–Crippen LogP) is 4.62. The van der Waals surface area contributed by atoms with Crippen molar-refractivity contribution in [3.8, 4) is 11.5 Å². The van der Waals surface area contributed by atoms with E-state index in [0.717, 1.165) is 7.11 Å². The molecule has 3 rings (SSSR count). The van der Waals surface area contributed by atoms with Crippen molar-refractivity contribution in [1.82, 2.24) is 4.72 Å². The molecule has 0 atom stereocenters. The van der Waals surface area contributed by atoms with Crippen LogP contribution in [0, 0.1) is 23.3 Å². The summed E-state index contributed by atoms with van der Waals surface area (Å²) < 4.78 is 92.1. The van der Waals surface area contributed by atoms with E-state index in [1.807, 2.05) is 4.72 Å². The first-order valence-corrected chi connectivity index (χ1v) is 11.2. The highest BCUT2D eigenvalue weighted by molar-refractivity contribution is 7.89. The molecule has 12 heteroatoms. The molecule has 0 bridgehead atoms. The van der Waals surface area contributed by atoms with Crippen LogP contribution in [0.3, 0.4) is 0 Å². The summed E-state index contributed by atoms with van der Waals surface area (Å²) in [6, 6.07) is 10.2. The van der Waals surface area contributed by atoms with E-state index >= 15 is 0 Å². The third-order valence-electron chi connectivity index (χ3n) is 4.72. The zero-order chi connectivity index (χ0) is 25.2. The highest BCUT2D eigenvalue weighted by Crippen LogP contribution is 2.34. The van der Waals surface area contributed by atoms with Gasteiger partial charge in [-0.25, -0.2) is 26.3 Å². The van der Waals surface area contributed by atoms with Gasteiger partial charge in [-0.2, -0.15) is 4.39 Å². The van der Waals surface area contributed by atoms with Crippen LogP contribution in [0.5, 0.6) is 11.5 Å². The fourth-order valence-electron chi connectivity index (χ4n) is 3.10. The largest absolute Gasteiger partial charge is 0.496 e. The number of rotatable bonds is 8. The maximum Gasteiger partial charge on any atom is 0.247 e. The smallest absolute Gasteiger partial charge is 0.247 e. The topological polar surface area (TPSA) is 81.7 Å². The average molecular weight is 518 g/mol. The molecule has 0 fully saturated rings. The van der Waals surface area contributed by atoms with Gasteiger partial charge < -0.3 is 9.47 Å². The number of benzene rings is 3. The Balaban J connectivity index is 1.92. The molecule has 34 heavy (non-hydrogen) atoms. The molecule has 0 unspecified atom stereocenters. The van der Waals surface area contributed by atoms with Crippen molar-refractivity contribution in [2.45, 2.75) is 11.4 Å². The highest BCUT2D eigenvalue weighted by Gasteiger charge is 2.33. The molecule has 0 saturated heterocycles. The molecule has 0 aromatic heterocycles. The Morgan fingerprint density at radius 2 is 1.62 bits per heavy atom. The number of hydrogen-bond acceptors (Lipinski definition) is 5. The van der Waals surface area contributed by atoms with Gasteiger partial charge in [0.1, 0.15) is 5.75 Å². The van der Waals surface area contributed by atoms with Gasteiger partial charge in [0.25, 0.3) is 0 Å². The second-order valence-corrected chi connectivity index (χ2v) is 8.96. The van der Waals surface area contributed by atoms with E-state index in [1.165, 1.54) is 49.6 Å². The fourth-order valence-corrected chi connectivity index (χ4v) is 4.52. The molecule has 180 valence electrons. The molecule has 0 aliphatic carbocycles. The van der Waals surface area contributed by atoms with Gasteiger partial charge in [-0.05, 0) is 29.8 Å². The number of halogens is 5. The van der Waals surface area contributed by atoms with Crippen LogP contribution in [0.4, 0.5) is 17.6 Å². The first-order chi connectivity index (χ1) is 16.0. The number of nitrogens with one attached hydrogen (secondary N) is 1. The summed E-state index contributed by atoms with van der Waals surface area (Å²) in [4.78, 5) is 11.4. The summed E-state index contributed by atoms with van der Waals surface area (Å²) >= 11 is 5.96. The van der Waals surface area contributed by atoms with Crippen molar-refractivity contribution in [1.29, 1.82) is 0 Å². The van der Waals surface area contributed by atoms with E-state index < -0.39 is 56.3 Å². The van der Waals surface area contributed by atoms with Gasteiger partial charge in [0.2, 0.25) is 21.7 Å². The third-order valence-corrected chi connectivity index (χ3v) is 6.38. The molecule has 0 spiro atoms. The van der Waals surface area contributed by atoms with Crippen LogP contribution in [-0.4, -0.2) is 28.4 Å². The molecular weight excluding hydrogens is 502 g/mol. The van der Waals surface area contributed by atoms with E-state index in [4.69, 9.17) is 16.3 Å². The van der Waals surface area contributed by atoms with Crippen LogP contribution < -0.4 is 14.2 Å². The minimum Gasteiger partial charge on any atom is -0.496 e. The Labute approximate surface area is 197 Å². The lowest BCUT2D eigenvalue weighted by Gasteiger charge is -2.14. The van der Waals surface area contributed by atoms with E-state index in [1.54, 1.807) is 0 Å². The summed E-state index contributed by atoms with van der Waals surface area (Å²) in [6.07, 6.45) is 0. The van der Waals surface area contributed by atoms with Crippen LogP contribution >= 0.6 is 11.6 Å². The minimum atomic E-state index is -4.91. The van der Waals surface area contributed by atoms with Gasteiger partial charge in [-0.1, -0.05) is 29.8 Å². The Hall–Kier alpha value is -3.15. The normalized spacial score (nSPS) is 11.4. The van der Waals surface area contributed by atoms with Crippen LogP contribution in [0.25, 0.3) is 0 Å². The van der Waals surface area contributed by atoms with E-state index in [-0.39, 0.29) is 22.4 Å². The molecular formula is C22H16ClF4NO5S. The molecule has 0 saturated carbocycles. The summed E-state index contributed by atoms with van der Waals surface area (Å²) in [6.45, 7) is -0.501. The summed E-state index contributed by atoms with van der Waals surface area (Å²) in [5, 5.41) is 0.294. The Kier molecular flexibility index (Phi) is 7.49. The van der Waals surface area contributed by atoms with Crippen LogP contribution in [0.2, 0.25) is 5.02 Å². The van der Waals surface area contributed by atoms with Crippen LogP contribution in [0.1, 0.15) is 21.5 Å². The zero-order valence-corrected chi connectivity index (χ0v) is 19.2. The van der Waals surface area contributed by atoms with Gasteiger partial charge in [0.15, 0.2) is 28.1 Å². The summed E-state index contributed by atoms with van der Waals surface area (Å²) in [7, 11) is -2.77. The SMILES string of the molecule is COc1ccc(Cl)cc1C(=O)c1cccc(CNS(=O)(=O)c2c(F)c(F)c(F)c(F)c2OC)c1. The predicted molar refractivity (Wildman–Crippen MR) is 115 cm³/mol. The van der Waals surface area contributed by atoms with Crippen molar-refractivity contribution >= 4 is 27.4 Å². The summed E-state index contributed by atoms with van der Waals surface area (Å²) in [5.74, 6) is -10.2. The first-order valence-electron chi connectivity index (χ1n) is 9.38. The van der Waals surface area contributed by atoms with Crippen LogP contribution in [0.15, 0.2) is 47.4 Å². The molecule has 1 N–H and O–H groups in total. The van der Waals surface area contributed by atoms with E-state index in [9.17, 15) is 30.8 Å². The minimum absolute atomic E-state index is 0.153. The lowest BCUT2D eigenvalue weighted by Crippen LogP contribution is -2.26. The number of ketones is 1. The Bertz CT molecular complexity index is 1380. The van der Waals surface area contributed by atoms with Crippen molar-refractivity contribution in [2.75, 3.05) is 14.2 Å². The number of hydrogen-bond donors (Lipinski definition) is 1. The summed E-state index contributed by atoms with van der Waals surface area (Å²) in [5.41, 5.74) is 0.564. The number of sulfonamides is 1. The van der Waals surface area contributed by atoms with E-state index in [2.05, 4.69) is 4.74 Å². The third kappa shape index (κ3) is 4.86. The van der Waals surface area contributed by atoms with Crippen molar-refractivity contribution in [3.63, 3.8) is 0 Å². The maximum absolute atomic E-state index is 14.2. The van der Waals surface area contributed by atoms with Gasteiger partial charge in [0.05, 0.1) is 19.8 Å². The second-order valence-electron chi connectivity index (χ2n) is 6.82. The monoisotopic (exact) mass is 517 g/mol. The molecule has 3 aromatic carbocycles. The number of methoxy groups -OCH3 is 2. The lowest BCUT2D eigenvalue weighted by atomic mass is 10.0. The molecule has 3 aromatic rings. The molecule has 0 heterocycles. The second kappa shape index (κ2) is 10.00. The van der Waals surface area contributed by atoms with Gasteiger partial charge in [-0.15, -0.1) is 0 Å². The highest BCUT2D eigenvalue weighted by atomic mass is 35.5. The Morgan fingerprint density at radius 3 is 2.26 bits per heavy atom. The maximum atomic E-state index is 14.2. The number of carbonyl (C=O) groups is 1. The van der Waals surface area contributed by atoms with Gasteiger partial charge in [0, 0.05) is 17.1 Å². The van der Waals surface area contributed by atoms with E-state index in [0.29, 0.717) is 5.02 Å². The number of carbonyl (C=O) groups excluding carboxylic acids is 1. The lowest BCUT2D eigenvalue weighted by molar-refractivity contribution is 0.103. The van der Waals surface area contributed by atoms with Crippen molar-refractivity contribution in [3.05, 3.63) is 87.4 Å². The van der Waals surface area contributed by atoms with Crippen molar-refractivity contribution < 1.29 is 40.2 Å². The molecule has 6 nitrogen and oxygen atoms in total. The van der Waals surface area contributed by atoms with Gasteiger partial charge >= 0.3 is 0 Å². The van der Waals surface area contributed by atoms with Crippen molar-refractivity contribution in [2.24, 2.45) is 0 Å².